The molecule has 0 unspecified atom stereocenters. The van der Waals surface area contributed by atoms with Gasteiger partial charge in [0.1, 0.15) is 6.04 Å². The predicted octanol–water partition coefficient (Wildman–Crippen LogP) is 3.90. The first-order valence-electron chi connectivity index (χ1n) is 12.3. The molecule has 5 N–H and O–H groups in total. The first-order chi connectivity index (χ1) is 18.0. The standard InChI is InChI=1S/C30H30N4O3/c31-17-8-18-32-30(37)27(19-21-9-2-1-3-10-21)34-29(36)25-13-6-7-14-26(25)33-28(35)24-16-15-22-11-4-5-12-23(22)20-24/h1-7,9-16,20,27H,8,17-19,31H2,(H,32,37)(H,33,35)(H,34,36)/t27-/m0/s1. The van der Waals surface area contributed by atoms with Crippen LogP contribution in [0.25, 0.3) is 10.8 Å². The van der Waals surface area contributed by atoms with E-state index in [1.54, 1.807) is 30.3 Å². The molecule has 3 amide bonds. The highest BCUT2D eigenvalue weighted by Crippen LogP contribution is 2.20. The molecule has 188 valence electrons. The van der Waals surface area contributed by atoms with Crippen LogP contribution in [0.15, 0.2) is 97.1 Å². The van der Waals surface area contributed by atoms with E-state index in [2.05, 4.69) is 16.0 Å². The fourth-order valence-electron chi connectivity index (χ4n) is 4.05. The number of amides is 3. The lowest BCUT2D eigenvalue weighted by Crippen LogP contribution is -2.48. The Morgan fingerprint density at radius 2 is 1.46 bits per heavy atom. The van der Waals surface area contributed by atoms with Gasteiger partial charge in [-0.1, -0.05) is 72.8 Å². The number of carbonyl (C=O) groups is 3. The molecular formula is C30H30N4O3. The van der Waals surface area contributed by atoms with Crippen molar-refractivity contribution in [1.82, 2.24) is 10.6 Å². The average molecular weight is 495 g/mol. The van der Waals surface area contributed by atoms with E-state index < -0.39 is 11.9 Å². The summed E-state index contributed by atoms with van der Waals surface area (Å²) in [5.41, 5.74) is 7.57. The number of hydrogen-bond acceptors (Lipinski definition) is 4. The number of carbonyl (C=O) groups excluding carboxylic acids is 3. The third-order valence-electron chi connectivity index (χ3n) is 6.02. The monoisotopic (exact) mass is 494 g/mol. The van der Waals surface area contributed by atoms with Crippen molar-refractivity contribution in [3.05, 3.63) is 114 Å². The van der Waals surface area contributed by atoms with Crippen molar-refractivity contribution in [1.29, 1.82) is 0 Å². The maximum absolute atomic E-state index is 13.3. The van der Waals surface area contributed by atoms with Crippen LogP contribution < -0.4 is 21.7 Å². The summed E-state index contributed by atoms with van der Waals surface area (Å²) in [6.07, 6.45) is 0.966. The van der Waals surface area contributed by atoms with Crippen molar-refractivity contribution in [2.75, 3.05) is 18.4 Å². The molecule has 4 rings (SSSR count). The molecule has 0 aromatic heterocycles. The highest BCUT2D eigenvalue weighted by molar-refractivity contribution is 6.10. The van der Waals surface area contributed by atoms with Gasteiger partial charge < -0.3 is 21.7 Å². The summed E-state index contributed by atoms with van der Waals surface area (Å²) in [5.74, 6) is -1.07. The van der Waals surface area contributed by atoms with Crippen molar-refractivity contribution in [2.24, 2.45) is 5.73 Å². The lowest BCUT2D eigenvalue weighted by Gasteiger charge is -2.20. The van der Waals surface area contributed by atoms with Gasteiger partial charge in [-0.15, -0.1) is 0 Å². The SMILES string of the molecule is NCCCNC(=O)[C@H](Cc1ccccc1)NC(=O)c1ccccc1NC(=O)c1ccc2ccccc2c1. The van der Waals surface area contributed by atoms with Crippen molar-refractivity contribution < 1.29 is 14.4 Å². The van der Waals surface area contributed by atoms with E-state index in [0.717, 1.165) is 16.3 Å². The highest BCUT2D eigenvalue weighted by Gasteiger charge is 2.23. The van der Waals surface area contributed by atoms with E-state index in [0.29, 0.717) is 37.2 Å². The molecule has 0 aliphatic carbocycles. The summed E-state index contributed by atoms with van der Waals surface area (Å²) in [4.78, 5) is 39.3. The van der Waals surface area contributed by atoms with Crippen LogP contribution in [0.5, 0.6) is 0 Å². The minimum Gasteiger partial charge on any atom is -0.354 e. The zero-order valence-corrected chi connectivity index (χ0v) is 20.4. The van der Waals surface area contributed by atoms with Crippen LogP contribution in [0.4, 0.5) is 5.69 Å². The van der Waals surface area contributed by atoms with Crippen molar-refractivity contribution in [3.63, 3.8) is 0 Å². The van der Waals surface area contributed by atoms with Gasteiger partial charge in [-0.2, -0.15) is 0 Å². The molecule has 7 heteroatoms. The fraction of sp³-hybridized carbons (Fsp3) is 0.167. The van der Waals surface area contributed by atoms with Gasteiger partial charge in [0.05, 0.1) is 11.3 Å². The number of para-hydroxylation sites is 1. The average Bonchev–Trinajstić information content (AvgIpc) is 2.93. The second kappa shape index (κ2) is 12.5. The molecule has 0 aliphatic heterocycles. The number of anilines is 1. The number of nitrogens with one attached hydrogen (secondary N) is 3. The molecule has 1 atom stereocenters. The van der Waals surface area contributed by atoms with E-state index in [1.165, 1.54) is 0 Å². The normalized spacial score (nSPS) is 11.5. The molecule has 0 bridgehead atoms. The molecule has 0 saturated carbocycles. The number of rotatable bonds is 10. The Kier molecular flexibility index (Phi) is 8.62. The van der Waals surface area contributed by atoms with Crippen molar-refractivity contribution >= 4 is 34.2 Å². The summed E-state index contributed by atoms with van der Waals surface area (Å²) in [7, 11) is 0. The summed E-state index contributed by atoms with van der Waals surface area (Å²) in [5, 5.41) is 10.5. The van der Waals surface area contributed by atoms with Gasteiger partial charge in [-0.25, -0.2) is 0 Å². The second-order valence-corrected chi connectivity index (χ2v) is 8.71. The molecule has 4 aromatic carbocycles. The Morgan fingerprint density at radius 1 is 0.757 bits per heavy atom. The second-order valence-electron chi connectivity index (χ2n) is 8.71. The zero-order valence-electron chi connectivity index (χ0n) is 20.4. The number of benzene rings is 4. The topological polar surface area (TPSA) is 113 Å². The van der Waals surface area contributed by atoms with Crippen molar-refractivity contribution in [2.45, 2.75) is 18.9 Å². The van der Waals surface area contributed by atoms with E-state index in [1.807, 2.05) is 66.7 Å². The Morgan fingerprint density at radius 3 is 2.24 bits per heavy atom. The van der Waals surface area contributed by atoms with E-state index in [4.69, 9.17) is 5.73 Å². The lowest BCUT2D eigenvalue weighted by atomic mass is 10.0. The third kappa shape index (κ3) is 6.80. The summed E-state index contributed by atoms with van der Waals surface area (Å²) in [6.45, 7) is 0.884. The fourth-order valence-corrected chi connectivity index (χ4v) is 4.05. The number of hydrogen-bond donors (Lipinski definition) is 4. The van der Waals surface area contributed by atoms with Crippen LogP contribution in [0, 0.1) is 0 Å². The molecule has 37 heavy (non-hydrogen) atoms. The summed E-state index contributed by atoms with van der Waals surface area (Å²) < 4.78 is 0. The van der Waals surface area contributed by atoms with Crippen LogP contribution in [-0.2, 0) is 11.2 Å². The third-order valence-corrected chi connectivity index (χ3v) is 6.02. The molecular weight excluding hydrogens is 464 g/mol. The minimum absolute atomic E-state index is 0.268. The zero-order chi connectivity index (χ0) is 26.0. The highest BCUT2D eigenvalue weighted by atomic mass is 16.2. The van der Waals surface area contributed by atoms with Gasteiger partial charge >= 0.3 is 0 Å². The van der Waals surface area contributed by atoms with Gasteiger partial charge in [0, 0.05) is 18.5 Å². The smallest absolute Gasteiger partial charge is 0.255 e. The molecule has 0 heterocycles. The van der Waals surface area contributed by atoms with Gasteiger partial charge in [-0.05, 0) is 53.6 Å². The van der Waals surface area contributed by atoms with Crippen molar-refractivity contribution in [3.8, 4) is 0 Å². The maximum Gasteiger partial charge on any atom is 0.255 e. The Hall–Kier alpha value is -4.49. The quantitative estimate of drug-likeness (QED) is 0.251. The molecule has 0 radical (unpaired) electrons. The van der Waals surface area contributed by atoms with Gasteiger partial charge in [-0.3, -0.25) is 14.4 Å². The first-order valence-corrected chi connectivity index (χ1v) is 12.3. The molecule has 0 saturated heterocycles. The molecule has 7 nitrogen and oxygen atoms in total. The van der Waals surface area contributed by atoms with Crippen LogP contribution in [0.2, 0.25) is 0 Å². The lowest BCUT2D eigenvalue weighted by molar-refractivity contribution is -0.122. The predicted molar refractivity (Wildman–Crippen MR) is 146 cm³/mol. The van der Waals surface area contributed by atoms with Gasteiger partial charge in [0.2, 0.25) is 5.91 Å². The van der Waals surface area contributed by atoms with Gasteiger partial charge in [0.15, 0.2) is 0 Å². The molecule has 4 aromatic rings. The summed E-state index contributed by atoms with van der Waals surface area (Å²) in [6, 6.07) is 28.7. The Bertz CT molecular complexity index is 1390. The molecule has 0 fully saturated rings. The minimum atomic E-state index is -0.795. The number of fused-ring (bicyclic) bond motifs is 1. The van der Waals surface area contributed by atoms with Crippen LogP contribution >= 0.6 is 0 Å². The number of nitrogens with two attached hydrogens (primary N) is 1. The van der Waals surface area contributed by atoms with E-state index in [9.17, 15) is 14.4 Å². The summed E-state index contributed by atoms with van der Waals surface area (Å²) >= 11 is 0. The van der Waals surface area contributed by atoms with Crippen LogP contribution in [0.3, 0.4) is 0 Å². The first kappa shape index (κ1) is 25.6. The van der Waals surface area contributed by atoms with E-state index in [-0.39, 0.29) is 17.4 Å². The van der Waals surface area contributed by atoms with E-state index >= 15 is 0 Å². The van der Waals surface area contributed by atoms with Crippen LogP contribution in [0.1, 0.15) is 32.7 Å². The molecule has 0 aliphatic rings. The van der Waals surface area contributed by atoms with Gasteiger partial charge in [0.25, 0.3) is 11.8 Å². The maximum atomic E-state index is 13.3. The molecule has 0 spiro atoms. The Balaban J connectivity index is 1.52. The largest absolute Gasteiger partial charge is 0.354 e. The Labute approximate surface area is 216 Å². The van der Waals surface area contributed by atoms with Crippen LogP contribution in [-0.4, -0.2) is 36.9 Å².